The summed E-state index contributed by atoms with van der Waals surface area (Å²) in [5, 5.41) is 4.75. The Morgan fingerprint density at radius 1 is 0.413 bits per heavy atom. The van der Waals surface area contributed by atoms with E-state index in [1.807, 2.05) is 0 Å². The third-order valence-electron chi connectivity index (χ3n) is 13.0. The Morgan fingerprint density at radius 2 is 0.984 bits per heavy atom. The Balaban J connectivity index is 1.12. The van der Waals surface area contributed by atoms with Crippen LogP contribution in [-0.4, -0.2) is 14.5 Å². The van der Waals surface area contributed by atoms with Gasteiger partial charge < -0.3 is 4.90 Å². The molecule has 298 valence electrons. The number of nitrogens with zero attached hydrogens (tertiary/aromatic N) is 4. The Morgan fingerprint density at radius 3 is 1.75 bits per heavy atom. The fourth-order valence-electron chi connectivity index (χ4n) is 9.91. The monoisotopic (exact) mass is 806 g/mol. The van der Waals surface area contributed by atoms with Crippen LogP contribution in [0.2, 0.25) is 0 Å². The number of anilines is 3. The average Bonchev–Trinajstić information content (AvgIpc) is 3.70. The molecule has 2 aromatic heterocycles. The second kappa shape index (κ2) is 14.5. The maximum absolute atomic E-state index is 5.50. The third kappa shape index (κ3) is 5.98. The molecule has 1 aliphatic rings. The van der Waals surface area contributed by atoms with Crippen LogP contribution >= 0.6 is 0 Å². The lowest BCUT2D eigenvalue weighted by molar-refractivity contribution is 0.632. The molecule has 0 fully saturated rings. The molecule has 0 atom stereocenters. The van der Waals surface area contributed by atoms with E-state index in [1.54, 1.807) is 0 Å². The van der Waals surface area contributed by atoms with Crippen molar-refractivity contribution in [2.24, 2.45) is 0 Å². The van der Waals surface area contributed by atoms with Crippen LogP contribution in [0.3, 0.4) is 0 Å². The summed E-state index contributed by atoms with van der Waals surface area (Å²) in [5.74, 6) is 0.628. The first kappa shape index (κ1) is 36.7. The zero-order chi connectivity index (χ0) is 42.1. The SMILES string of the molecule is CC1(C)c2ccccc2N(c2ccccc2)c2ccc(-c3cccc4c5c6ccccc6ccc5n(-c5nc(-c6ccccc6)cc(-c6ccc(-c7ccccc7)cc6)n5)c34)cc21. The lowest BCUT2D eigenvalue weighted by Crippen LogP contribution is -2.30. The second-order valence-electron chi connectivity index (χ2n) is 17.0. The molecule has 0 N–H and O–H groups in total. The fraction of sp³-hybridized carbons (Fsp3) is 0.0508. The summed E-state index contributed by atoms with van der Waals surface area (Å²) in [6.07, 6.45) is 0. The van der Waals surface area contributed by atoms with Crippen LogP contribution in [0.5, 0.6) is 0 Å². The topological polar surface area (TPSA) is 34.0 Å². The number of para-hydroxylation sites is 3. The summed E-state index contributed by atoms with van der Waals surface area (Å²) in [4.78, 5) is 13.4. The van der Waals surface area contributed by atoms with Gasteiger partial charge >= 0.3 is 0 Å². The van der Waals surface area contributed by atoms with Gasteiger partial charge in [0.1, 0.15) is 0 Å². The lowest BCUT2D eigenvalue weighted by Gasteiger charge is -2.42. The molecule has 0 radical (unpaired) electrons. The van der Waals surface area contributed by atoms with E-state index < -0.39 is 0 Å². The van der Waals surface area contributed by atoms with Crippen molar-refractivity contribution in [3.63, 3.8) is 0 Å². The summed E-state index contributed by atoms with van der Waals surface area (Å²) in [6, 6.07) is 78.4. The molecule has 63 heavy (non-hydrogen) atoms. The normalized spacial score (nSPS) is 13.0. The molecule has 0 amide bonds. The minimum absolute atomic E-state index is 0.262. The smallest absolute Gasteiger partial charge is 0.235 e. The van der Waals surface area contributed by atoms with Gasteiger partial charge in [-0.3, -0.25) is 4.57 Å². The minimum Gasteiger partial charge on any atom is -0.310 e. The van der Waals surface area contributed by atoms with Gasteiger partial charge in [0.2, 0.25) is 5.95 Å². The molecule has 12 rings (SSSR count). The zero-order valence-corrected chi connectivity index (χ0v) is 35.1. The van der Waals surface area contributed by atoms with Crippen LogP contribution in [-0.2, 0) is 5.41 Å². The number of fused-ring (bicyclic) bond motifs is 7. The highest BCUT2D eigenvalue weighted by Gasteiger charge is 2.37. The first-order valence-corrected chi connectivity index (χ1v) is 21.7. The van der Waals surface area contributed by atoms with Gasteiger partial charge in [-0.05, 0) is 81.1 Å². The van der Waals surface area contributed by atoms with Gasteiger partial charge in [0, 0.05) is 38.6 Å². The second-order valence-corrected chi connectivity index (χ2v) is 17.0. The Kier molecular flexibility index (Phi) is 8.48. The quantitative estimate of drug-likeness (QED) is 0.168. The lowest BCUT2D eigenvalue weighted by atomic mass is 9.73. The highest BCUT2D eigenvalue weighted by atomic mass is 15.2. The molecule has 9 aromatic carbocycles. The molecular weight excluding hydrogens is 765 g/mol. The highest BCUT2D eigenvalue weighted by Crippen LogP contribution is 2.53. The van der Waals surface area contributed by atoms with Crippen molar-refractivity contribution in [2.75, 3.05) is 4.90 Å². The molecule has 0 saturated carbocycles. The predicted molar refractivity (Wildman–Crippen MR) is 262 cm³/mol. The highest BCUT2D eigenvalue weighted by molar-refractivity contribution is 6.23. The van der Waals surface area contributed by atoms with E-state index >= 15 is 0 Å². The number of hydrogen-bond donors (Lipinski definition) is 0. The molecule has 4 heteroatoms. The summed E-state index contributed by atoms with van der Waals surface area (Å²) < 4.78 is 2.32. The first-order valence-electron chi connectivity index (χ1n) is 21.7. The number of hydrogen-bond acceptors (Lipinski definition) is 3. The molecule has 0 spiro atoms. The predicted octanol–water partition coefficient (Wildman–Crippen LogP) is 15.5. The largest absolute Gasteiger partial charge is 0.310 e. The van der Waals surface area contributed by atoms with Gasteiger partial charge in [-0.2, -0.15) is 0 Å². The molecule has 3 heterocycles. The van der Waals surface area contributed by atoms with Crippen LogP contribution in [0.15, 0.2) is 218 Å². The van der Waals surface area contributed by atoms with Crippen LogP contribution in [0.4, 0.5) is 17.1 Å². The van der Waals surface area contributed by atoms with Gasteiger partial charge in [0.15, 0.2) is 0 Å². The first-order chi connectivity index (χ1) is 31.0. The summed E-state index contributed by atoms with van der Waals surface area (Å²) >= 11 is 0. The standard InChI is InChI=1S/C59H42N4/c1-59(2)49-27-14-15-28-53(49)62(45-22-10-5-11-23-45)54-35-34-44(37-50(54)59)47-25-16-26-48-56-46-24-13-12-19-41(46)33-36-55(56)63(57(47)48)58-60-51(42-20-8-4-9-21-42)38-52(61-58)43-31-29-40(30-32-43)39-17-6-3-7-18-39/h3-38H,1-2H3. The Labute approximate surface area is 367 Å². The van der Waals surface area contributed by atoms with Gasteiger partial charge in [0.25, 0.3) is 0 Å². The Hall–Kier alpha value is -8.08. The maximum Gasteiger partial charge on any atom is 0.235 e. The van der Waals surface area contributed by atoms with E-state index in [1.165, 1.54) is 49.8 Å². The zero-order valence-electron chi connectivity index (χ0n) is 35.1. The molecule has 11 aromatic rings. The summed E-state index contributed by atoms with van der Waals surface area (Å²) in [7, 11) is 0. The molecule has 0 aliphatic carbocycles. The molecule has 0 bridgehead atoms. The van der Waals surface area contributed by atoms with Gasteiger partial charge in [-0.25, -0.2) is 9.97 Å². The van der Waals surface area contributed by atoms with E-state index in [9.17, 15) is 0 Å². The average molecular weight is 807 g/mol. The van der Waals surface area contributed by atoms with Crippen LogP contribution in [0.1, 0.15) is 25.0 Å². The van der Waals surface area contributed by atoms with Crippen molar-refractivity contribution in [3.05, 3.63) is 230 Å². The molecule has 0 saturated heterocycles. The van der Waals surface area contributed by atoms with E-state index in [0.717, 1.165) is 55.7 Å². The van der Waals surface area contributed by atoms with Crippen molar-refractivity contribution in [1.29, 1.82) is 0 Å². The summed E-state index contributed by atoms with van der Waals surface area (Å²) in [5.41, 5.74) is 16.4. The van der Waals surface area contributed by atoms with Crippen molar-refractivity contribution in [1.82, 2.24) is 14.5 Å². The fourth-order valence-corrected chi connectivity index (χ4v) is 9.91. The molecule has 4 nitrogen and oxygen atoms in total. The van der Waals surface area contributed by atoms with Crippen LogP contribution < -0.4 is 4.90 Å². The maximum atomic E-state index is 5.50. The van der Waals surface area contributed by atoms with Crippen LogP contribution in [0, 0.1) is 0 Å². The molecule has 1 aliphatic heterocycles. The molecule has 0 unspecified atom stereocenters. The Bertz CT molecular complexity index is 3520. The van der Waals surface area contributed by atoms with E-state index in [2.05, 4.69) is 242 Å². The number of rotatable bonds is 6. The minimum atomic E-state index is -0.262. The molecular formula is C59H42N4. The van der Waals surface area contributed by atoms with E-state index in [4.69, 9.17) is 9.97 Å². The van der Waals surface area contributed by atoms with Gasteiger partial charge in [0.05, 0.1) is 33.8 Å². The van der Waals surface area contributed by atoms with Crippen molar-refractivity contribution in [2.45, 2.75) is 19.3 Å². The van der Waals surface area contributed by atoms with Gasteiger partial charge in [-0.15, -0.1) is 0 Å². The number of benzene rings is 9. The van der Waals surface area contributed by atoms with E-state index in [0.29, 0.717) is 5.95 Å². The number of aromatic nitrogens is 3. The van der Waals surface area contributed by atoms with E-state index in [-0.39, 0.29) is 5.41 Å². The van der Waals surface area contributed by atoms with Crippen molar-refractivity contribution < 1.29 is 0 Å². The third-order valence-corrected chi connectivity index (χ3v) is 13.0. The van der Waals surface area contributed by atoms with Crippen molar-refractivity contribution in [3.8, 4) is 50.7 Å². The summed E-state index contributed by atoms with van der Waals surface area (Å²) in [6.45, 7) is 4.72. The van der Waals surface area contributed by atoms with Gasteiger partial charge in [-0.1, -0.05) is 190 Å². The van der Waals surface area contributed by atoms with Crippen molar-refractivity contribution >= 4 is 49.6 Å². The van der Waals surface area contributed by atoms with Crippen LogP contribution in [0.25, 0.3) is 83.3 Å².